The fourth-order valence-electron chi connectivity index (χ4n) is 2.46. The maximum absolute atomic E-state index is 12.7. The van der Waals surface area contributed by atoms with Gasteiger partial charge in [0.15, 0.2) is 11.5 Å². The van der Waals surface area contributed by atoms with E-state index in [1.165, 1.54) is 7.11 Å². The van der Waals surface area contributed by atoms with Crippen LogP contribution < -0.4 is 4.74 Å². The number of aromatic hydroxyl groups is 1. The third kappa shape index (κ3) is 4.21. The monoisotopic (exact) mass is 535 g/mol. The van der Waals surface area contributed by atoms with E-state index in [9.17, 15) is 14.7 Å². The molecule has 1 heterocycles. The van der Waals surface area contributed by atoms with Gasteiger partial charge in [0.25, 0.3) is 11.1 Å². The van der Waals surface area contributed by atoms with Gasteiger partial charge in [-0.05, 0) is 70.3 Å². The average molecular weight is 536 g/mol. The van der Waals surface area contributed by atoms with Gasteiger partial charge in [0.1, 0.15) is 0 Å². The maximum atomic E-state index is 12.7. The molecule has 2 aromatic rings. The van der Waals surface area contributed by atoms with Crippen LogP contribution in [0, 0.1) is 3.57 Å². The summed E-state index contributed by atoms with van der Waals surface area (Å²) in [7, 11) is 1.44. The number of phenolic OH excluding ortho intramolecular Hbond substituents is 1. The van der Waals surface area contributed by atoms with Crippen LogP contribution in [-0.2, 0) is 11.3 Å². The van der Waals surface area contributed by atoms with E-state index in [0.29, 0.717) is 24.7 Å². The summed E-state index contributed by atoms with van der Waals surface area (Å²) in [5.74, 6) is -0.116. The van der Waals surface area contributed by atoms with Crippen LogP contribution in [0.15, 0.2) is 35.2 Å². The van der Waals surface area contributed by atoms with E-state index >= 15 is 0 Å². The molecule has 0 bridgehead atoms. The molecule has 1 aliphatic heterocycles. The fraction of sp³-hybridized carbons (Fsp3) is 0.111. The standard InChI is InChI=1S/C18H12Cl2INO4S/c1-26-14-6-9(5-13(21)16(14)23)7-15-17(24)22(18(25)27-15)8-10-11(19)3-2-4-12(10)20/h2-7,23H,8H2,1H3/b15-7+. The summed E-state index contributed by atoms with van der Waals surface area (Å²) in [6, 6.07) is 8.29. The second kappa shape index (κ2) is 8.30. The Labute approximate surface area is 183 Å². The summed E-state index contributed by atoms with van der Waals surface area (Å²) < 4.78 is 5.69. The summed E-state index contributed by atoms with van der Waals surface area (Å²) in [6.07, 6.45) is 1.59. The largest absolute Gasteiger partial charge is 0.504 e. The van der Waals surface area contributed by atoms with Crippen molar-refractivity contribution in [3.8, 4) is 11.5 Å². The van der Waals surface area contributed by atoms with Crippen LogP contribution in [0.2, 0.25) is 10.0 Å². The summed E-state index contributed by atoms with van der Waals surface area (Å²) in [6.45, 7) is -0.00303. The van der Waals surface area contributed by atoms with E-state index in [1.807, 2.05) is 22.6 Å². The molecule has 2 amide bonds. The van der Waals surface area contributed by atoms with Crippen molar-refractivity contribution in [3.05, 3.63) is 60.0 Å². The molecule has 0 unspecified atom stereocenters. The number of benzene rings is 2. The van der Waals surface area contributed by atoms with Gasteiger partial charge in [0, 0.05) is 15.6 Å². The van der Waals surface area contributed by atoms with Crippen molar-refractivity contribution in [2.75, 3.05) is 7.11 Å². The Morgan fingerprint density at radius 3 is 2.56 bits per heavy atom. The lowest BCUT2D eigenvalue weighted by Gasteiger charge is -2.14. The molecule has 27 heavy (non-hydrogen) atoms. The number of thioether (sulfide) groups is 1. The maximum Gasteiger partial charge on any atom is 0.293 e. The summed E-state index contributed by atoms with van der Waals surface area (Å²) >= 11 is 15.1. The first-order chi connectivity index (χ1) is 12.8. The van der Waals surface area contributed by atoms with E-state index in [2.05, 4.69) is 0 Å². The van der Waals surface area contributed by atoms with Gasteiger partial charge in [-0.3, -0.25) is 14.5 Å². The predicted octanol–water partition coefficient (Wildman–Crippen LogP) is 5.55. The van der Waals surface area contributed by atoms with Crippen molar-refractivity contribution in [1.82, 2.24) is 4.90 Å². The lowest BCUT2D eigenvalue weighted by atomic mass is 10.1. The third-order valence-corrected chi connectivity index (χ3v) is 6.26. The molecule has 0 aromatic heterocycles. The second-order valence-electron chi connectivity index (χ2n) is 5.52. The number of imide groups is 1. The van der Waals surface area contributed by atoms with Crippen LogP contribution in [0.3, 0.4) is 0 Å². The van der Waals surface area contributed by atoms with E-state index < -0.39 is 11.1 Å². The number of nitrogens with zero attached hydrogens (tertiary/aromatic N) is 1. The number of phenols is 1. The first kappa shape index (κ1) is 20.3. The van der Waals surface area contributed by atoms with Crippen LogP contribution in [0.4, 0.5) is 4.79 Å². The van der Waals surface area contributed by atoms with Crippen molar-refractivity contribution in [3.63, 3.8) is 0 Å². The number of carbonyl (C=O) groups excluding carboxylic acids is 2. The molecule has 1 N–H and O–H groups in total. The van der Waals surface area contributed by atoms with Gasteiger partial charge in [0.05, 0.1) is 22.1 Å². The van der Waals surface area contributed by atoms with Gasteiger partial charge in [-0.1, -0.05) is 29.3 Å². The zero-order valence-corrected chi connectivity index (χ0v) is 18.3. The molecule has 3 rings (SSSR count). The molecule has 140 valence electrons. The minimum absolute atomic E-state index is 0.00303. The van der Waals surface area contributed by atoms with Crippen molar-refractivity contribution in [2.45, 2.75) is 6.54 Å². The Hall–Kier alpha value is -1.42. The molecule has 1 aliphatic rings. The van der Waals surface area contributed by atoms with Crippen LogP contribution in [0.1, 0.15) is 11.1 Å². The Kier molecular flexibility index (Phi) is 6.25. The molecular weight excluding hydrogens is 524 g/mol. The SMILES string of the molecule is COc1cc(/C=C2/SC(=O)N(Cc3c(Cl)cccc3Cl)C2=O)cc(I)c1O. The number of hydrogen-bond acceptors (Lipinski definition) is 5. The second-order valence-corrected chi connectivity index (χ2v) is 8.49. The lowest BCUT2D eigenvalue weighted by Crippen LogP contribution is -2.27. The zero-order chi connectivity index (χ0) is 19.7. The number of carbonyl (C=O) groups is 2. The van der Waals surface area contributed by atoms with Crippen LogP contribution in [-0.4, -0.2) is 28.3 Å². The van der Waals surface area contributed by atoms with Gasteiger partial charge in [-0.2, -0.15) is 0 Å². The van der Waals surface area contributed by atoms with Crippen LogP contribution >= 0.6 is 57.6 Å². The molecule has 0 spiro atoms. The number of methoxy groups -OCH3 is 1. The highest BCUT2D eigenvalue weighted by Gasteiger charge is 2.35. The van der Waals surface area contributed by atoms with E-state index in [4.69, 9.17) is 27.9 Å². The lowest BCUT2D eigenvalue weighted by molar-refractivity contribution is -0.123. The van der Waals surface area contributed by atoms with Gasteiger partial charge < -0.3 is 9.84 Å². The molecule has 0 aliphatic carbocycles. The van der Waals surface area contributed by atoms with Gasteiger partial charge in [-0.15, -0.1) is 0 Å². The predicted molar refractivity (Wildman–Crippen MR) is 115 cm³/mol. The molecule has 1 fully saturated rings. The zero-order valence-electron chi connectivity index (χ0n) is 13.8. The van der Waals surface area contributed by atoms with Crippen molar-refractivity contribution in [2.24, 2.45) is 0 Å². The van der Waals surface area contributed by atoms with Gasteiger partial charge in [0.2, 0.25) is 0 Å². The van der Waals surface area contributed by atoms with Crippen molar-refractivity contribution in [1.29, 1.82) is 0 Å². The quantitative estimate of drug-likeness (QED) is 0.411. The molecule has 5 nitrogen and oxygen atoms in total. The minimum atomic E-state index is -0.428. The molecule has 0 radical (unpaired) electrons. The number of hydrogen-bond donors (Lipinski definition) is 1. The molecule has 9 heteroatoms. The molecule has 2 aromatic carbocycles. The van der Waals surface area contributed by atoms with Crippen molar-refractivity contribution < 1.29 is 19.4 Å². The highest BCUT2D eigenvalue weighted by Crippen LogP contribution is 2.38. The highest BCUT2D eigenvalue weighted by atomic mass is 127. The van der Waals surface area contributed by atoms with Crippen LogP contribution in [0.25, 0.3) is 6.08 Å². The van der Waals surface area contributed by atoms with E-state index in [-0.39, 0.29) is 22.9 Å². The first-order valence-corrected chi connectivity index (χ1v) is 10.2. The van der Waals surface area contributed by atoms with Crippen molar-refractivity contribution >= 4 is 74.8 Å². The fourth-order valence-corrected chi connectivity index (χ4v) is 4.44. The molecule has 0 atom stereocenters. The highest BCUT2D eigenvalue weighted by molar-refractivity contribution is 14.1. The third-order valence-electron chi connectivity index (χ3n) is 3.82. The Morgan fingerprint density at radius 2 is 1.93 bits per heavy atom. The summed E-state index contributed by atoms with van der Waals surface area (Å²) in [4.78, 5) is 26.4. The van der Waals surface area contributed by atoms with Gasteiger partial charge in [-0.25, -0.2) is 0 Å². The first-order valence-electron chi connectivity index (χ1n) is 7.56. The molecular formula is C18H12Cl2INO4S. The van der Waals surface area contributed by atoms with E-state index in [0.717, 1.165) is 16.7 Å². The number of ether oxygens (including phenoxy) is 1. The molecule has 1 saturated heterocycles. The van der Waals surface area contributed by atoms with Gasteiger partial charge >= 0.3 is 0 Å². The van der Waals surface area contributed by atoms with E-state index in [1.54, 1.807) is 36.4 Å². The minimum Gasteiger partial charge on any atom is -0.504 e. The Bertz CT molecular complexity index is 960. The smallest absolute Gasteiger partial charge is 0.293 e. The number of amides is 2. The summed E-state index contributed by atoms with van der Waals surface area (Å²) in [5, 5.41) is 10.3. The normalized spacial score (nSPS) is 15.7. The Balaban J connectivity index is 1.90. The topological polar surface area (TPSA) is 66.8 Å². The van der Waals surface area contributed by atoms with Crippen LogP contribution in [0.5, 0.6) is 11.5 Å². The Morgan fingerprint density at radius 1 is 1.26 bits per heavy atom. The average Bonchev–Trinajstić information content (AvgIpc) is 2.88. The summed E-state index contributed by atoms with van der Waals surface area (Å²) in [5.41, 5.74) is 1.15. The number of halogens is 3. The number of rotatable bonds is 4. The molecule has 0 saturated carbocycles.